The summed E-state index contributed by atoms with van der Waals surface area (Å²) in [5.74, 6) is 3.46. The Morgan fingerprint density at radius 1 is 0.696 bits per heavy atom. The molecule has 0 aliphatic heterocycles. The molecule has 0 aliphatic carbocycles. The van der Waals surface area contributed by atoms with E-state index in [1.54, 1.807) is 28.4 Å². The Labute approximate surface area is 134 Å². The van der Waals surface area contributed by atoms with Crippen LogP contribution in [0.3, 0.4) is 0 Å². The van der Waals surface area contributed by atoms with Gasteiger partial charge in [0.05, 0.1) is 39.4 Å². The molecule has 0 atom stereocenters. The minimum absolute atomic E-state index is 0.675. The van der Waals surface area contributed by atoms with Gasteiger partial charge >= 0.3 is 0 Å². The van der Waals surface area contributed by atoms with Crippen molar-refractivity contribution in [3.05, 3.63) is 36.4 Å². The lowest BCUT2D eigenvalue weighted by atomic mass is 10.1. The largest absolute Gasteiger partial charge is 0.497 e. The quantitative estimate of drug-likeness (QED) is 0.708. The van der Waals surface area contributed by atoms with E-state index < -0.39 is 0 Å². The number of benzene rings is 2. The van der Waals surface area contributed by atoms with E-state index in [4.69, 9.17) is 23.4 Å². The number of ether oxygens (including phenoxy) is 4. The van der Waals surface area contributed by atoms with E-state index in [-0.39, 0.29) is 0 Å². The van der Waals surface area contributed by atoms with Crippen LogP contribution in [0.15, 0.2) is 40.8 Å². The first-order valence-corrected chi connectivity index (χ1v) is 7.08. The Morgan fingerprint density at radius 3 is 2.04 bits per heavy atom. The number of furan rings is 1. The summed E-state index contributed by atoms with van der Waals surface area (Å²) < 4.78 is 27.3. The maximum absolute atomic E-state index is 5.97. The minimum Gasteiger partial charge on any atom is -0.497 e. The molecule has 0 N–H and O–H groups in total. The highest BCUT2D eigenvalue weighted by atomic mass is 16.5. The number of fused-ring (bicyclic) bond motifs is 1. The lowest BCUT2D eigenvalue weighted by Gasteiger charge is -2.08. The van der Waals surface area contributed by atoms with Crippen LogP contribution in [0.2, 0.25) is 0 Å². The Balaban J connectivity index is 2.17. The standard InChI is InChI=1S/C18H18O5/c1-19-11-5-6-13(15(7-11)21-3)18-10-14-16(22-4)8-12(20-2)9-17(14)23-18/h5-10H,1-4H3. The van der Waals surface area contributed by atoms with Crippen molar-refractivity contribution in [1.29, 1.82) is 0 Å². The summed E-state index contributed by atoms with van der Waals surface area (Å²) in [6.07, 6.45) is 0. The highest BCUT2D eigenvalue weighted by Crippen LogP contribution is 2.40. The summed E-state index contributed by atoms with van der Waals surface area (Å²) in [5, 5.41) is 0.876. The lowest BCUT2D eigenvalue weighted by molar-refractivity contribution is 0.394. The van der Waals surface area contributed by atoms with Crippen LogP contribution in [0, 0.1) is 0 Å². The molecule has 0 unspecified atom stereocenters. The molecule has 2 aromatic carbocycles. The molecule has 0 aliphatic rings. The summed E-state index contributed by atoms with van der Waals surface area (Å²) in [5.41, 5.74) is 1.53. The number of methoxy groups -OCH3 is 4. The van der Waals surface area contributed by atoms with Crippen LogP contribution in [-0.4, -0.2) is 28.4 Å². The Morgan fingerprint density at radius 2 is 1.39 bits per heavy atom. The third-order valence-electron chi connectivity index (χ3n) is 3.70. The van der Waals surface area contributed by atoms with Crippen LogP contribution in [0.1, 0.15) is 0 Å². The fourth-order valence-corrected chi connectivity index (χ4v) is 2.50. The van der Waals surface area contributed by atoms with Gasteiger partial charge < -0.3 is 23.4 Å². The molecule has 3 aromatic rings. The molecule has 0 fully saturated rings. The van der Waals surface area contributed by atoms with E-state index in [0.29, 0.717) is 28.6 Å². The predicted octanol–water partition coefficient (Wildman–Crippen LogP) is 4.13. The molecule has 1 aromatic heterocycles. The highest BCUT2D eigenvalue weighted by molar-refractivity contribution is 5.90. The molecule has 0 saturated carbocycles. The molecule has 0 bridgehead atoms. The second kappa shape index (κ2) is 6.12. The van der Waals surface area contributed by atoms with Crippen LogP contribution >= 0.6 is 0 Å². The van der Waals surface area contributed by atoms with Gasteiger partial charge in [0.25, 0.3) is 0 Å². The number of hydrogen-bond donors (Lipinski definition) is 0. The minimum atomic E-state index is 0.675. The molecular formula is C18H18O5. The van der Waals surface area contributed by atoms with Gasteiger partial charge in [-0.1, -0.05) is 0 Å². The third kappa shape index (κ3) is 2.65. The third-order valence-corrected chi connectivity index (χ3v) is 3.70. The van der Waals surface area contributed by atoms with E-state index in [1.165, 1.54) is 0 Å². The fraction of sp³-hybridized carbons (Fsp3) is 0.222. The van der Waals surface area contributed by atoms with Gasteiger partial charge in [-0.25, -0.2) is 0 Å². The summed E-state index contributed by atoms with van der Waals surface area (Å²) >= 11 is 0. The molecule has 120 valence electrons. The highest BCUT2D eigenvalue weighted by Gasteiger charge is 2.16. The van der Waals surface area contributed by atoms with E-state index >= 15 is 0 Å². The van der Waals surface area contributed by atoms with Crippen molar-refractivity contribution in [2.45, 2.75) is 0 Å². The summed E-state index contributed by atoms with van der Waals surface area (Å²) in [6, 6.07) is 11.2. The molecule has 0 spiro atoms. The van der Waals surface area contributed by atoms with Gasteiger partial charge in [-0.15, -0.1) is 0 Å². The predicted molar refractivity (Wildman–Crippen MR) is 87.9 cm³/mol. The van der Waals surface area contributed by atoms with Gasteiger partial charge in [0.2, 0.25) is 0 Å². The van der Waals surface area contributed by atoms with Crippen LogP contribution in [-0.2, 0) is 0 Å². The maximum atomic E-state index is 5.97. The molecule has 0 radical (unpaired) electrons. The normalized spacial score (nSPS) is 10.6. The van der Waals surface area contributed by atoms with Crippen molar-refractivity contribution in [2.24, 2.45) is 0 Å². The average Bonchev–Trinajstić information content (AvgIpc) is 3.03. The van der Waals surface area contributed by atoms with Crippen molar-refractivity contribution >= 4 is 11.0 Å². The smallest absolute Gasteiger partial charge is 0.142 e. The van der Waals surface area contributed by atoms with E-state index in [2.05, 4.69) is 0 Å². The lowest BCUT2D eigenvalue weighted by Crippen LogP contribution is -1.89. The van der Waals surface area contributed by atoms with Gasteiger partial charge in [0.1, 0.15) is 34.3 Å². The van der Waals surface area contributed by atoms with Crippen molar-refractivity contribution in [3.8, 4) is 34.3 Å². The summed E-state index contributed by atoms with van der Waals surface area (Å²) in [6.45, 7) is 0. The molecule has 5 heteroatoms. The maximum Gasteiger partial charge on any atom is 0.142 e. The Bertz CT molecular complexity index is 835. The van der Waals surface area contributed by atoms with Crippen molar-refractivity contribution in [1.82, 2.24) is 0 Å². The van der Waals surface area contributed by atoms with Crippen LogP contribution in [0.25, 0.3) is 22.3 Å². The molecule has 3 rings (SSSR count). The van der Waals surface area contributed by atoms with Crippen molar-refractivity contribution in [2.75, 3.05) is 28.4 Å². The monoisotopic (exact) mass is 314 g/mol. The van der Waals surface area contributed by atoms with Gasteiger partial charge in [0, 0.05) is 18.2 Å². The molecule has 1 heterocycles. The van der Waals surface area contributed by atoms with E-state index in [9.17, 15) is 0 Å². The fourth-order valence-electron chi connectivity index (χ4n) is 2.50. The zero-order chi connectivity index (χ0) is 16.4. The molecular weight excluding hydrogens is 296 g/mol. The molecule has 0 amide bonds. The van der Waals surface area contributed by atoms with Crippen molar-refractivity contribution < 1.29 is 23.4 Å². The van der Waals surface area contributed by atoms with Crippen molar-refractivity contribution in [3.63, 3.8) is 0 Å². The summed E-state index contributed by atoms with van der Waals surface area (Å²) in [7, 11) is 6.46. The zero-order valence-corrected chi connectivity index (χ0v) is 13.5. The second-order valence-electron chi connectivity index (χ2n) is 4.92. The number of hydrogen-bond acceptors (Lipinski definition) is 5. The summed E-state index contributed by atoms with van der Waals surface area (Å²) in [4.78, 5) is 0. The Hall–Kier alpha value is -2.82. The number of rotatable bonds is 5. The molecule has 23 heavy (non-hydrogen) atoms. The van der Waals surface area contributed by atoms with Gasteiger partial charge in [-0.2, -0.15) is 0 Å². The van der Waals surface area contributed by atoms with Crippen LogP contribution in [0.5, 0.6) is 23.0 Å². The van der Waals surface area contributed by atoms with Gasteiger partial charge in [0.15, 0.2) is 0 Å². The topological polar surface area (TPSA) is 50.1 Å². The average molecular weight is 314 g/mol. The SMILES string of the molecule is COc1ccc(-c2cc3c(OC)cc(OC)cc3o2)c(OC)c1. The van der Waals surface area contributed by atoms with Crippen LogP contribution < -0.4 is 18.9 Å². The molecule has 0 saturated heterocycles. The molecule has 5 nitrogen and oxygen atoms in total. The van der Waals surface area contributed by atoms with Crippen LogP contribution in [0.4, 0.5) is 0 Å². The second-order valence-corrected chi connectivity index (χ2v) is 4.92. The van der Waals surface area contributed by atoms with Gasteiger partial charge in [-0.3, -0.25) is 0 Å². The van der Waals surface area contributed by atoms with Gasteiger partial charge in [-0.05, 0) is 18.2 Å². The van der Waals surface area contributed by atoms with E-state index in [0.717, 1.165) is 16.7 Å². The first-order chi connectivity index (χ1) is 11.2. The Kier molecular flexibility index (Phi) is 4.02. The first kappa shape index (κ1) is 15.1. The first-order valence-electron chi connectivity index (χ1n) is 7.08. The zero-order valence-electron chi connectivity index (χ0n) is 13.5. The van der Waals surface area contributed by atoms with E-state index in [1.807, 2.05) is 36.4 Å².